The molecule has 4 rings (SSSR count). The van der Waals surface area contributed by atoms with Crippen LogP contribution in [0.15, 0.2) is 41.0 Å². The fourth-order valence-electron chi connectivity index (χ4n) is 4.20. The molecular weight excluding hydrogens is 326 g/mol. The number of rotatable bonds is 3. The van der Waals surface area contributed by atoms with Gasteiger partial charge in [-0.3, -0.25) is 9.69 Å². The number of allylic oxidation sites excluding steroid dienone is 1. The molecule has 1 saturated heterocycles. The molecular formula is C20H25N5O. The summed E-state index contributed by atoms with van der Waals surface area (Å²) in [4.78, 5) is 23.5. The quantitative estimate of drug-likeness (QED) is 0.859. The maximum absolute atomic E-state index is 12.7. The van der Waals surface area contributed by atoms with Crippen molar-refractivity contribution in [3.05, 3.63) is 52.2 Å². The van der Waals surface area contributed by atoms with Crippen molar-refractivity contribution >= 4 is 5.82 Å². The van der Waals surface area contributed by atoms with Gasteiger partial charge in [0, 0.05) is 55.5 Å². The molecule has 26 heavy (non-hydrogen) atoms. The number of nitrogen functional groups attached to an aromatic ring is 1. The lowest BCUT2D eigenvalue weighted by Crippen LogP contribution is -2.47. The smallest absolute Gasteiger partial charge is 0.251 e. The van der Waals surface area contributed by atoms with E-state index in [1.54, 1.807) is 12.1 Å². The van der Waals surface area contributed by atoms with Gasteiger partial charge in [0.1, 0.15) is 12.1 Å². The van der Waals surface area contributed by atoms with Crippen LogP contribution in [0, 0.1) is 5.92 Å². The van der Waals surface area contributed by atoms with Gasteiger partial charge >= 0.3 is 0 Å². The number of likely N-dealkylation sites (tertiary alicyclic amines) is 1. The van der Waals surface area contributed by atoms with Gasteiger partial charge in [-0.25, -0.2) is 9.97 Å². The van der Waals surface area contributed by atoms with Crippen molar-refractivity contribution in [3.63, 3.8) is 0 Å². The molecule has 0 aliphatic carbocycles. The van der Waals surface area contributed by atoms with Gasteiger partial charge in [0.05, 0.1) is 5.69 Å². The van der Waals surface area contributed by atoms with Gasteiger partial charge in [0.25, 0.3) is 5.56 Å². The Balaban J connectivity index is 1.69. The van der Waals surface area contributed by atoms with Gasteiger partial charge in [0.2, 0.25) is 0 Å². The van der Waals surface area contributed by atoms with Gasteiger partial charge in [0.15, 0.2) is 0 Å². The van der Waals surface area contributed by atoms with Crippen LogP contribution in [0.4, 0.5) is 5.82 Å². The fourth-order valence-corrected chi connectivity index (χ4v) is 4.20. The van der Waals surface area contributed by atoms with Crippen molar-refractivity contribution < 1.29 is 0 Å². The molecule has 0 aromatic carbocycles. The van der Waals surface area contributed by atoms with Crippen LogP contribution >= 0.6 is 0 Å². The molecule has 2 atom stereocenters. The van der Waals surface area contributed by atoms with Crippen molar-refractivity contribution in [1.82, 2.24) is 19.4 Å². The van der Waals surface area contributed by atoms with Crippen LogP contribution in [0.2, 0.25) is 0 Å². The monoisotopic (exact) mass is 351 g/mol. The van der Waals surface area contributed by atoms with E-state index in [4.69, 9.17) is 5.73 Å². The van der Waals surface area contributed by atoms with Crippen molar-refractivity contribution in [2.24, 2.45) is 5.92 Å². The average molecular weight is 351 g/mol. The second kappa shape index (κ2) is 6.68. The largest absolute Gasteiger partial charge is 0.384 e. The molecule has 0 unspecified atom stereocenters. The van der Waals surface area contributed by atoms with E-state index in [0.29, 0.717) is 23.3 Å². The maximum atomic E-state index is 12.7. The van der Waals surface area contributed by atoms with Crippen molar-refractivity contribution in [3.8, 4) is 11.3 Å². The minimum absolute atomic E-state index is 0.0575. The Hall–Kier alpha value is -2.47. The lowest BCUT2D eigenvalue weighted by Gasteiger charge is -2.42. The number of anilines is 1. The summed E-state index contributed by atoms with van der Waals surface area (Å²) >= 11 is 0. The minimum Gasteiger partial charge on any atom is -0.384 e. The highest BCUT2D eigenvalue weighted by Crippen LogP contribution is 2.36. The Labute approximate surface area is 153 Å². The van der Waals surface area contributed by atoms with Crippen LogP contribution in [0.5, 0.6) is 0 Å². The number of nitrogens with two attached hydrogens (primary N) is 1. The third kappa shape index (κ3) is 3.29. The summed E-state index contributed by atoms with van der Waals surface area (Å²) < 4.78 is 1.96. The first-order valence-corrected chi connectivity index (χ1v) is 9.18. The predicted octanol–water partition coefficient (Wildman–Crippen LogP) is 2.27. The summed E-state index contributed by atoms with van der Waals surface area (Å²) in [6, 6.07) is 5.52. The Kier molecular flexibility index (Phi) is 4.36. The highest BCUT2D eigenvalue weighted by molar-refractivity contribution is 5.61. The SMILES string of the molecule is CC(C)=CCN1C[C@@H]2C[C@H](C1)c1cc(-c3cc(N)ncn3)cc(=O)n1C2. The van der Waals surface area contributed by atoms with Crippen LogP contribution in [0.25, 0.3) is 11.3 Å². The minimum atomic E-state index is 0.0575. The number of hydrogen-bond acceptors (Lipinski definition) is 5. The fraction of sp³-hybridized carbons (Fsp3) is 0.450. The lowest BCUT2D eigenvalue weighted by atomic mass is 9.82. The van der Waals surface area contributed by atoms with E-state index >= 15 is 0 Å². The van der Waals surface area contributed by atoms with E-state index < -0.39 is 0 Å². The molecule has 0 saturated carbocycles. The first-order chi connectivity index (χ1) is 12.5. The normalized spacial score (nSPS) is 21.9. The van der Waals surface area contributed by atoms with E-state index in [1.165, 1.54) is 11.9 Å². The van der Waals surface area contributed by atoms with Crippen molar-refractivity contribution in [1.29, 1.82) is 0 Å². The van der Waals surface area contributed by atoms with E-state index in [2.05, 4.69) is 40.9 Å². The second-order valence-corrected chi connectivity index (χ2v) is 7.74. The molecule has 1 fully saturated rings. The van der Waals surface area contributed by atoms with Gasteiger partial charge in [-0.05, 0) is 32.3 Å². The van der Waals surface area contributed by atoms with Gasteiger partial charge < -0.3 is 10.3 Å². The van der Waals surface area contributed by atoms with E-state index in [1.807, 2.05) is 4.57 Å². The molecule has 4 heterocycles. The van der Waals surface area contributed by atoms with Crippen LogP contribution in [0.3, 0.4) is 0 Å². The Morgan fingerprint density at radius 1 is 1.23 bits per heavy atom. The van der Waals surface area contributed by atoms with E-state index in [0.717, 1.165) is 43.9 Å². The number of fused-ring (bicyclic) bond motifs is 4. The van der Waals surface area contributed by atoms with Crippen LogP contribution in [-0.4, -0.2) is 39.1 Å². The number of nitrogens with zero attached hydrogens (tertiary/aromatic N) is 4. The maximum Gasteiger partial charge on any atom is 0.251 e. The summed E-state index contributed by atoms with van der Waals surface area (Å²) in [6.45, 7) is 8.13. The summed E-state index contributed by atoms with van der Waals surface area (Å²) in [5.74, 6) is 1.35. The predicted molar refractivity (Wildman–Crippen MR) is 103 cm³/mol. The molecule has 2 aromatic heterocycles. The molecule has 2 aliphatic rings. The average Bonchev–Trinajstić information content (AvgIpc) is 2.60. The molecule has 2 N–H and O–H groups in total. The third-order valence-corrected chi connectivity index (χ3v) is 5.37. The zero-order valence-corrected chi connectivity index (χ0v) is 15.4. The van der Waals surface area contributed by atoms with Crippen molar-refractivity contribution in [2.75, 3.05) is 25.4 Å². The first kappa shape index (κ1) is 17.0. The molecule has 136 valence electrons. The number of aromatic nitrogens is 3. The second-order valence-electron chi connectivity index (χ2n) is 7.74. The summed E-state index contributed by atoms with van der Waals surface area (Å²) in [6.07, 6.45) is 4.88. The Bertz CT molecular complexity index is 913. The molecule has 0 amide bonds. The molecule has 2 bridgehead atoms. The highest BCUT2D eigenvalue weighted by Gasteiger charge is 2.34. The zero-order valence-electron chi connectivity index (χ0n) is 15.4. The Morgan fingerprint density at radius 3 is 2.85 bits per heavy atom. The molecule has 0 radical (unpaired) electrons. The van der Waals surface area contributed by atoms with Gasteiger partial charge in [-0.15, -0.1) is 0 Å². The van der Waals surface area contributed by atoms with Gasteiger partial charge in [-0.2, -0.15) is 0 Å². The lowest BCUT2D eigenvalue weighted by molar-refractivity contribution is 0.131. The molecule has 2 aromatic rings. The highest BCUT2D eigenvalue weighted by atomic mass is 16.1. The first-order valence-electron chi connectivity index (χ1n) is 9.18. The van der Waals surface area contributed by atoms with E-state index in [-0.39, 0.29) is 5.56 Å². The molecule has 2 aliphatic heterocycles. The summed E-state index contributed by atoms with van der Waals surface area (Å²) in [5, 5.41) is 0. The van der Waals surface area contributed by atoms with Crippen molar-refractivity contribution in [2.45, 2.75) is 32.7 Å². The zero-order chi connectivity index (χ0) is 18.3. The number of pyridine rings is 1. The standard InChI is InChI=1S/C20H25N5O/c1-13(2)3-4-24-9-14-5-16(11-24)18-6-15(7-20(26)25(18)10-14)17-8-19(21)23-12-22-17/h3,6-8,12,14,16H,4-5,9-11H2,1-2H3,(H2,21,22,23)/t14-,16+/m0/s1. The van der Waals surface area contributed by atoms with Crippen LogP contribution < -0.4 is 11.3 Å². The van der Waals surface area contributed by atoms with E-state index in [9.17, 15) is 4.79 Å². The Morgan fingerprint density at radius 2 is 2.08 bits per heavy atom. The molecule has 6 heteroatoms. The van der Waals surface area contributed by atoms with Crippen LogP contribution in [0.1, 0.15) is 31.9 Å². The summed E-state index contributed by atoms with van der Waals surface area (Å²) in [7, 11) is 0. The summed E-state index contributed by atoms with van der Waals surface area (Å²) in [5.41, 5.74) is 9.85. The molecule has 0 spiro atoms. The topological polar surface area (TPSA) is 77.0 Å². The third-order valence-electron chi connectivity index (χ3n) is 5.37. The van der Waals surface area contributed by atoms with Crippen LogP contribution in [-0.2, 0) is 6.54 Å². The molecule has 6 nitrogen and oxygen atoms in total. The number of hydrogen-bond donors (Lipinski definition) is 1. The van der Waals surface area contributed by atoms with Gasteiger partial charge in [-0.1, -0.05) is 11.6 Å². The number of piperidine rings is 1.